The van der Waals surface area contributed by atoms with Crippen molar-refractivity contribution in [3.63, 3.8) is 0 Å². The van der Waals surface area contributed by atoms with Crippen molar-refractivity contribution in [1.82, 2.24) is 10.2 Å². The van der Waals surface area contributed by atoms with Crippen molar-refractivity contribution in [1.29, 1.82) is 0 Å². The second-order valence-corrected chi connectivity index (χ2v) is 4.33. The Hall–Kier alpha value is -1.30. The number of primary amides is 1. The maximum Gasteiger partial charge on any atom is 0.312 e. The van der Waals surface area contributed by atoms with E-state index in [0.717, 1.165) is 19.4 Å². The van der Waals surface area contributed by atoms with Gasteiger partial charge in [0.1, 0.15) is 0 Å². The molecule has 0 saturated carbocycles. The molecule has 5 N–H and O–H groups in total. The van der Waals surface area contributed by atoms with Gasteiger partial charge in [0.25, 0.3) is 0 Å². The van der Waals surface area contributed by atoms with Crippen molar-refractivity contribution in [2.75, 3.05) is 19.6 Å². The van der Waals surface area contributed by atoms with E-state index in [1.807, 2.05) is 0 Å². The third kappa shape index (κ3) is 3.69. The summed E-state index contributed by atoms with van der Waals surface area (Å²) in [6, 6.07) is -0.974. The van der Waals surface area contributed by atoms with Gasteiger partial charge in [-0.3, -0.25) is 4.79 Å². The van der Waals surface area contributed by atoms with Crippen LogP contribution >= 0.6 is 0 Å². The molecule has 1 unspecified atom stereocenters. The number of carbonyl (C=O) groups is 2. The lowest BCUT2D eigenvalue weighted by Gasteiger charge is -2.33. The summed E-state index contributed by atoms with van der Waals surface area (Å²) in [7, 11) is 0. The van der Waals surface area contributed by atoms with E-state index in [0.29, 0.717) is 13.1 Å². The summed E-state index contributed by atoms with van der Waals surface area (Å²) in [6.07, 6.45) is 1.95. The molecule has 0 aliphatic carbocycles. The summed E-state index contributed by atoms with van der Waals surface area (Å²) < 4.78 is 0. The van der Waals surface area contributed by atoms with Gasteiger partial charge in [-0.05, 0) is 25.7 Å². The highest BCUT2D eigenvalue weighted by Crippen LogP contribution is 2.16. The quantitative estimate of drug-likeness (QED) is 0.591. The highest BCUT2D eigenvalue weighted by atomic mass is 16.2. The lowest BCUT2D eigenvalue weighted by atomic mass is 9.97. The predicted molar refractivity (Wildman–Crippen MR) is 60.5 cm³/mol. The van der Waals surface area contributed by atoms with Crippen LogP contribution < -0.4 is 16.8 Å². The maximum atomic E-state index is 11.7. The van der Waals surface area contributed by atoms with Gasteiger partial charge in [-0.25, -0.2) is 4.79 Å². The number of rotatable bonds is 3. The molecule has 0 aromatic rings. The first-order valence-corrected chi connectivity index (χ1v) is 5.58. The van der Waals surface area contributed by atoms with Gasteiger partial charge in [0.2, 0.25) is 5.91 Å². The van der Waals surface area contributed by atoms with Crippen LogP contribution in [0.2, 0.25) is 0 Å². The summed E-state index contributed by atoms with van der Waals surface area (Å²) in [5.41, 5.74) is 10.6. The number of hydrogen-bond acceptors (Lipinski definition) is 3. The molecule has 6 nitrogen and oxygen atoms in total. The van der Waals surface area contributed by atoms with Crippen LogP contribution in [0.25, 0.3) is 0 Å². The van der Waals surface area contributed by atoms with E-state index in [-0.39, 0.29) is 11.8 Å². The lowest BCUT2D eigenvalue weighted by Crippen LogP contribution is -2.49. The molecule has 0 spiro atoms. The molecule has 0 radical (unpaired) electrons. The Morgan fingerprint density at radius 2 is 2.25 bits per heavy atom. The fraction of sp³-hybridized carbons (Fsp3) is 0.800. The zero-order valence-corrected chi connectivity index (χ0v) is 9.61. The highest BCUT2D eigenvalue weighted by molar-refractivity contribution is 5.81. The van der Waals surface area contributed by atoms with Crippen molar-refractivity contribution in [3.8, 4) is 0 Å². The number of urea groups is 1. The Morgan fingerprint density at radius 1 is 1.56 bits per heavy atom. The monoisotopic (exact) mass is 228 g/mol. The Morgan fingerprint density at radius 3 is 2.81 bits per heavy atom. The number of amides is 3. The largest absolute Gasteiger partial charge is 0.352 e. The van der Waals surface area contributed by atoms with Gasteiger partial charge in [-0.15, -0.1) is 0 Å². The molecule has 1 heterocycles. The van der Waals surface area contributed by atoms with Crippen LogP contribution in [0.3, 0.4) is 0 Å². The Labute approximate surface area is 95.3 Å². The normalized spacial score (nSPS) is 22.6. The van der Waals surface area contributed by atoms with E-state index in [2.05, 4.69) is 5.32 Å². The second kappa shape index (κ2) is 5.69. The van der Waals surface area contributed by atoms with Crippen LogP contribution in [0.1, 0.15) is 19.8 Å². The minimum absolute atomic E-state index is 0.0243. The zero-order chi connectivity index (χ0) is 12.1. The lowest BCUT2D eigenvalue weighted by molar-refractivity contribution is -0.133. The van der Waals surface area contributed by atoms with Crippen molar-refractivity contribution < 1.29 is 9.59 Å². The van der Waals surface area contributed by atoms with Gasteiger partial charge in [-0.1, -0.05) is 0 Å². The number of carbonyl (C=O) groups excluding carboxylic acids is 2. The van der Waals surface area contributed by atoms with Crippen LogP contribution in [0, 0.1) is 5.92 Å². The van der Waals surface area contributed by atoms with Gasteiger partial charge in [-0.2, -0.15) is 0 Å². The molecule has 1 aliphatic heterocycles. The van der Waals surface area contributed by atoms with Gasteiger partial charge in [0.15, 0.2) is 0 Å². The molecule has 1 rings (SSSR count). The minimum atomic E-state index is -0.518. The number of likely N-dealkylation sites (tertiary alicyclic amines) is 1. The van der Waals surface area contributed by atoms with Crippen molar-refractivity contribution >= 4 is 11.9 Å². The molecule has 1 fully saturated rings. The maximum absolute atomic E-state index is 11.7. The number of nitrogens with two attached hydrogens (primary N) is 2. The molecule has 6 heteroatoms. The summed E-state index contributed by atoms with van der Waals surface area (Å²) in [4.78, 5) is 24.0. The summed E-state index contributed by atoms with van der Waals surface area (Å²) in [5, 5.41) is 2.57. The molecule has 1 saturated heterocycles. The summed E-state index contributed by atoms with van der Waals surface area (Å²) in [5.74, 6) is 0.257. The third-order valence-corrected chi connectivity index (χ3v) is 2.79. The highest BCUT2D eigenvalue weighted by Gasteiger charge is 2.25. The van der Waals surface area contributed by atoms with E-state index >= 15 is 0 Å². The Bertz CT molecular complexity index is 268. The van der Waals surface area contributed by atoms with E-state index in [1.54, 1.807) is 11.8 Å². The SMILES string of the molecule is C[C@H](N)C(=O)N1CCCC(CNC(N)=O)C1. The molecule has 16 heavy (non-hydrogen) atoms. The zero-order valence-electron chi connectivity index (χ0n) is 9.61. The molecule has 2 atom stereocenters. The smallest absolute Gasteiger partial charge is 0.312 e. The fourth-order valence-electron chi connectivity index (χ4n) is 1.96. The number of piperidine rings is 1. The average molecular weight is 228 g/mol. The Kier molecular flexibility index (Phi) is 4.54. The molecule has 3 amide bonds. The number of nitrogens with zero attached hydrogens (tertiary/aromatic N) is 1. The van der Waals surface area contributed by atoms with Gasteiger partial charge in [0, 0.05) is 19.6 Å². The van der Waals surface area contributed by atoms with Crippen molar-refractivity contribution in [3.05, 3.63) is 0 Å². The minimum Gasteiger partial charge on any atom is -0.352 e. The third-order valence-electron chi connectivity index (χ3n) is 2.79. The van der Waals surface area contributed by atoms with Crippen LogP contribution in [-0.2, 0) is 4.79 Å². The van der Waals surface area contributed by atoms with Crippen LogP contribution in [0.5, 0.6) is 0 Å². The van der Waals surface area contributed by atoms with Crippen molar-refractivity contribution in [2.24, 2.45) is 17.4 Å². The molecule has 92 valence electrons. The van der Waals surface area contributed by atoms with E-state index in [1.165, 1.54) is 0 Å². The first-order valence-electron chi connectivity index (χ1n) is 5.58. The molecule has 0 bridgehead atoms. The molecular weight excluding hydrogens is 208 g/mol. The van der Waals surface area contributed by atoms with Crippen LogP contribution in [0.4, 0.5) is 4.79 Å². The van der Waals surface area contributed by atoms with E-state index < -0.39 is 12.1 Å². The van der Waals surface area contributed by atoms with Gasteiger partial charge in [0.05, 0.1) is 6.04 Å². The standard InChI is InChI=1S/C10H20N4O2/c1-7(11)9(15)14-4-2-3-8(6-14)5-13-10(12)16/h7-8H,2-6,11H2,1H3,(H3,12,13,16)/t7-,8?/m0/s1. The first kappa shape index (κ1) is 12.8. The first-order chi connectivity index (χ1) is 7.50. The van der Waals surface area contributed by atoms with E-state index in [4.69, 9.17) is 11.5 Å². The Balaban J connectivity index is 2.41. The average Bonchev–Trinajstić information content (AvgIpc) is 2.25. The number of hydrogen-bond donors (Lipinski definition) is 3. The topological polar surface area (TPSA) is 101 Å². The molecule has 1 aliphatic rings. The van der Waals surface area contributed by atoms with Gasteiger partial charge < -0.3 is 21.7 Å². The molecular formula is C10H20N4O2. The summed E-state index contributed by atoms with van der Waals surface area (Å²) >= 11 is 0. The van der Waals surface area contributed by atoms with Crippen molar-refractivity contribution in [2.45, 2.75) is 25.8 Å². The van der Waals surface area contributed by atoms with Gasteiger partial charge >= 0.3 is 6.03 Å². The predicted octanol–water partition coefficient (Wildman–Crippen LogP) is -0.759. The number of nitrogens with one attached hydrogen (secondary N) is 1. The summed E-state index contributed by atoms with van der Waals surface area (Å²) in [6.45, 7) is 3.62. The fourth-order valence-corrected chi connectivity index (χ4v) is 1.96. The molecule has 0 aromatic heterocycles. The van der Waals surface area contributed by atoms with Crippen LogP contribution in [0.15, 0.2) is 0 Å². The van der Waals surface area contributed by atoms with E-state index in [9.17, 15) is 9.59 Å². The second-order valence-electron chi connectivity index (χ2n) is 4.33. The van der Waals surface area contributed by atoms with Crippen LogP contribution in [-0.4, -0.2) is 42.5 Å². The molecule has 0 aromatic carbocycles.